The highest BCUT2D eigenvalue weighted by molar-refractivity contribution is 5.82. The molecular weight excluding hydrogens is 214 g/mol. The Morgan fingerprint density at radius 2 is 2.29 bits per heavy atom. The standard InChI is InChI=1S/C13H19N3O/c1-2-16-13(14-10-15-16)9-12(17)8-11-6-4-3-5-7-11/h6,10H,2-5,7-9H2,1H3. The van der Waals surface area contributed by atoms with Crippen LogP contribution in [0.2, 0.25) is 0 Å². The van der Waals surface area contributed by atoms with Gasteiger partial charge in [-0.3, -0.25) is 4.79 Å². The molecule has 0 bridgehead atoms. The monoisotopic (exact) mass is 233 g/mol. The van der Waals surface area contributed by atoms with Crippen molar-refractivity contribution in [3.05, 3.63) is 23.8 Å². The van der Waals surface area contributed by atoms with E-state index >= 15 is 0 Å². The summed E-state index contributed by atoms with van der Waals surface area (Å²) in [6.45, 7) is 2.78. The topological polar surface area (TPSA) is 47.8 Å². The molecule has 0 amide bonds. The smallest absolute Gasteiger partial charge is 0.144 e. The van der Waals surface area contributed by atoms with Crippen LogP contribution in [-0.2, 0) is 17.8 Å². The van der Waals surface area contributed by atoms with Gasteiger partial charge in [-0.2, -0.15) is 5.10 Å². The van der Waals surface area contributed by atoms with Crippen LogP contribution in [0.3, 0.4) is 0 Å². The molecule has 0 saturated carbocycles. The molecule has 4 nitrogen and oxygen atoms in total. The minimum atomic E-state index is 0.251. The molecule has 0 radical (unpaired) electrons. The van der Waals surface area contributed by atoms with Gasteiger partial charge in [-0.1, -0.05) is 11.6 Å². The van der Waals surface area contributed by atoms with Crippen LogP contribution in [0.1, 0.15) is 44.9 Å². The zero-order valence-electron chi connectivity index (χ0n) is 10.4. The third-order valence-electron chi connectivity index (χ3n) is 3.16. The molecule has 0 fully saturated rings. The molecule has 1 aliphatic rings. The summed E-state index contributed by atoms with van der Waals surface area (Å²) in [5, 5.41) is 4.07. The summed E-state index contributed by atoms with van der Waals surface area (Å²) in [5.74, 6) is 1.04. The number of allylic oxidation sites excluding steroid dienone is 2. The number of ketones is 1. The van der Waals surface area contributed by atoms with Crippen molar-refractivity contribution in [3.8, 4) is 0 Å². The predicted octanol–water partition coefficient (Wildman–Crippen LogP) is 2.30. The van der Waals surface area contributed by atoms with Crippen LogP contribution in [0.15, 0.2) is 18.0 Å². The second kappa shape index (κ2) is 5.75. The Kier molecular flexibility index (Phi) is 4.07. The van der Waals surface area contributed by atoms with Crippen molar-refractivity contribution in [2.75, 3.05) is 0 Å². The van der Waals surface area contributed by atoms with Crippen molar-refractivity contribution in [2.45, 2.75) is 52.0 Å². The van der Waals surface area contributed by atoms with Crippen LogP contribution in [0.25, 0.3) is 0 Å². The summed E-state index contributed by atoms with van der Waals surface area (Å²) in [4.78, 5) is 16.1. The predicted molar refractivity (Wildman–Crippen MR) is 65.6 cm³/mol. The summed E-state index contributed by atoms with van der Waals surface area (Å²) < 4.78 is 1.78. The first-order chi connectivity index (χ1) is 8.29. The first-order valence-corrected chi connectivity index (χ1v) is 6.36. The Labute approximate surface area is 102 Å². The van der Waals surface area contributed by atoms with E-state index in [1.807, 2.05) is 6.92 Å². The third-order valence-corrected chi connectivity index (χ3v) is 3.16. The van der Waals surface area contributed by atoms with Gasteiger partial charge in [0, 0.05) is 13.0 Å². The molecule has 1 aliphatic carbocycles. The summed E-state index contributed by atoms with van der Waals surface area (Å²) in [6.07, 6.45) is 9.46. The second-order valence-corrected chi connectivity index (χ2v) is 4.49. The molecule has 0 aromatic carbocycles. The maximum Gasteiger partial charge on any atom is 0.144 e. The van der Waals surface area contributed by atoms with Gasteiger partial charge >= 0.3 is 0 Å². The van der Waals surface area contributed by atoms with Crippen molar-refractivity contribution >= 4 is 5.78 Å². The average Bonchev–Trinajstić information content (AvgIpc) is 2.77. The Morgan fingerprint density at radius 3 is 3.00 bits per heavy atom. The average molecular weight is 233 g/mol. The highest BCUT2D eigenvalue weighted by atomic mass is 16.1. The van der Waals surface area contributed by atoms with E-state index in [1.165, 1.54) is 24.7 Å². The molecule has 17 heavy (non-hydrogen) atoms. The van der Waals surface area contributed by atoms with E-state index in [0.29, 0.717) is 12.8 Å². The number of nitrogens with zero attached hydrogens (tertiary/aromatic N) is 3. The van der Waals surface area contributed by atoms with E-state index in [1.54, 1.807) is 4.68 Å². The zero-order valence-corrected chi connectivity index (χ0v) is 10.4. The van der Waals surface area contributed by atoms with Gasteiger partial charge in [0.2, 0.25) is 0 Å². The van der Waals surface area contributed by atoms with Crippen molar-refractivity contribution in [3.63, 3.8) is 0 Å². The molecule has 0 spiro atoms. The molecule has 1 aromatic heterocycles. The lowest BCUT2D eigenvalue weighted by atomic mass is 9.95. The molecule has 92 valence electrons. The first kappa shape index (κ1) is 12.0. The van der Waals surface area contributed by atoms with Gasteiger partial charge in [0.15, 0.2) is 0 Å². The number of carbonyl (C=O) groups excluding carboxylic acids is 1. The Bertz CT molecular complexity index is 420. The number of aromatic nitrogens is 3. The fourth-order valence-electron chi connectivity index (χ4n) is 2.25. The van der Waals surface area contributed by atoms with Gasteiger partial charge in [-0.05, 0) is 32.6 Å². The van der Waals surface area contributed by atoms with Crippen LogP contribution in [-0.4, -0.2) is 20.5 Å². The lowest BCUT2D eigenvalue weighted by molar-refractivity contribution is -0.118. The van der Waals surface area contributed by atoms with E-state index in [2.05, 4.69) is 16.2 Å². The summed E-state index contributed by atoms with van der Waals surface area (Å²) in [5.41, 5.74) is 1.31. The lowest BCUT2D eigenvalue weighted by Gasteiger charge is -2.11. The molecule has 0 unspecified atom stereocenters. The number of hydrogen-bond acceptors (Lipinski definition) is 3. The highest BCUT2D eigenvalue weighted by Crippen LogP contribution is 2.20. The quantitative estimate of drug-likeness (QED) is 0.733. The molecule has 4 heteroatoms. The molecule has 1 heterocycles. The van der Waals surface area contributed by atoms with E-state index in [4.69, 9.17) is 0 Å². The minimum Gasteiger partial charge on any atom is -0.299 e. The molecule has 2 rings (SSSR count). The summed E-state index contributed by atoms with van der Waals surface area (Å²) in [7, 11) is 0. The Hall–Kier alpha value is -1.45. The number of hydrogen-bond donors (Lipinski definition) is 0. The van der Waals surface area contributed by atoms with Crippen molar-refractivity contribution in [1.29, 1.82) is 0 Å². The maximum absolute atomic E-state index is 11.9. The number of Topliss-reactive ketones (excluding diaryl/α,β-unsaturated/α-hetero) is 1. The molecule has 1 aromatic rings. The largest absolute Gasteiger partial charge is 0.299 e. The van der Waals surface area contributed by atoms with Crippen molar-refractivity contribution in [2.24, 2.45) is 0 Å². The number of carbonyl (C=O) groups is 1. The fourth-order valence-corrected chi connectivity index (χ4v) is 2.25. The van der Waals surface area contributed by atoms with Crippen molar-refractivity contribution < 1.29 is 4.79 Å². The van der Waals surface area contributed by atoms with Gasteiger partial charge in [0.25, 0.3) is 0 Å². The highest BCUT2D eigenvalue weighted by Gasteiger charge is 2.12. The molecule has 0 atom stereocenters. The van der Waals surface area contributed by atoms with E-state index in [9.17, 15) is 4.79 Å². The van der Waals surface area contributed by atoms with Gasteiger partial charge in [0.1, 0.15) is 17.9 Å². The Morgan fingerprint density at radius 1 is 1.41 bits per heavy atom. The third kappa shape index (κ3) is 3.25. The van der Waals surface area contributed by atoms with E-state index in [-0.39, 0.29) is 5.78 Å². The lowest BCUT2D eigenvalue weighted by Crippen LogP contribution is -2.11. The molecule has 0 saturated heterocycles. The normalized spacial score (nSPS) is 15.7. The van der Waals surface area contributed by atoms with Crippen LogP contribution in [0.4, 0.5) is 0 Å². The number of aryl methyl sites for hydroxylation is 1. The fraction of sp³-hybridized carbons (Fsp3) is 0.615. The molecule has 0 aliphatic heterocycles. The second-order valence-electron chi connectivity index (χ2n) is 4.49. The maximum atomic E-state index is 11.9. The van der Waals surface area contributed by atoms with Crippen LogP contribution < -0.4 is 0 Å². The van der Waals surface area contributed by atoms with Crippen LogP contribution in [0, 0.1) is 0 Å². The van der Waals surface area contributed by atoms with E-state index in [0.717, 1.165) is 25.2 Å². The van der Waals surface area contributed by atoms with Gasteiger partial charge < -0.3 is 0 Å². The van der Waals surface area contributed by atoms with Gasteiger partial charge in [-0.25, -0.2) is 9.67 Å². The minimum absolute atomic E-state index is 0.251. The molecular formula is C13H19N3O. The van der Waals surface area contributed by atoms with Crippen LogP contribution in [0.5, 0.6) is 0 Å². The first-order valence-electron chi connectivity index (χ1n) is 6.36. The van der Waals surface area contributed by atoms with E-state index < -0.39 is 0 Å². The summed E-state index contributed by atoms with van der Waals surface area (Å²) >= 11 is 0. The van der Waals surface area contributed by atoms with Crippen LogP contribution >= 0.6 is 0 Å². The van der Waals surface area contributed by atoms with Gasteiger partial charge in [0.05, 0.1) is 6.42 Å². The Balaban J connectivity index is 1.91. The molecule has 0 N–H and O–H groups in total. The summed E-state index contributed by atoms with van der Waals surface area (Å²) in [6, 6.07) is 0. The van der Waals surface area contributed by atoms with Gasteiger partial charge in [-0.15, -0.1) is 0 Å². The van der Waals surface area contributed by atoms with Crippen molar-refractivity contribution in [1.82, 2.24) is 14.8 Å². The SMILES string of the molecule is CCn1ncnc1CC(=O)CC1=CCCCC1. The number of rotatable bonds is 5. The zero-order chi connectivity index (χ0) is 12.1.